The van der Waals surface area contributed by atoms with Gasteiger partial charge in [0.05, 0.1) is 11.9 Å². The van der Waals surface area contributed by atoms with E-state index in [0.717, 1.165) is 27.9 Å². The first-order valence-corrected chi connectivity index (χ1v) is 14.6. The van der Waals surface area contributed by atoms with Gasteiger partial charge in [0.1, 0.15) is 12.6 Å². The van der Waals surface area contributed by atoms with Gasteiger partial charge >= 0.3 is 0 Å². The van der Waals surface area contributed by atoms with Gasteiger partial charge in [-0.15, -0.1) is 0 Å². The second kappa shape index (κ2) is 12.4. The van der Waals surface area contributed by atoms with Crippen LogP contribution in [0.2, 0.25) is 5.02 Å². The predicted octanol–water partition coefficient (Wildman–Crippen LogP) is 4.98. The molecule has 0 bridgehead atoms. The van der Waals surface area contributed by atoms with Crippen LogP contribution in [0.4, 0.5) is 5.69 Å². The summed E-state index contributed by atoms with van der Waals surface area (Å²) in [6.45, 7) is 5.41. The van der Waals surface area contributed by atoms with Crippen molar-refractivity contribution in [2.24, 2.45) is 0 Å². The third kappa shape index (κ3) is 7.23. The van der Waals surface area contributed by atoms with Gasteiger partial charge in [0.15, 0.2) is 0 Å². The average molecular weight is 544 g/mol. The minimum Gasteiger partial charge on any atom is -0.352 e. The predicted molar refractivity (Wildman–Crippen MR) is 150 cm³/mol. The Balaban J connectivity index is 2.01. The molecule has 3 rings (SSSR count). The van der Waals surface area contributed by atoms with Crippen LogP contribution in [-0.4, -0.2) is 50.0 Å². The summed E-state index contributed by atoms with van der Waals surface area (Å²) in [7, 11) is -3.82. The van der Waals surface area contributed by atoms with Crippen molar-refractivity contribution in [3.63, 3.8) is 0 Å². The number of sulfonamides is 1. The number of nitrogens with zero attached hydrogens (tertiary/aromatic N) is 2. The number of carbonyl (C=O) groups excluding carboxylic acids is 2. The fraction of sp³-hybridized carbons (Fsp3) is 0.357. The van der Waals surface area contributed by atoms with Crippen LogP contribution >= 0.6 is 11.6 Å². The van der Waals surface area contributed by atoms with Crippen molar-refractivity contribution in [3.8, 4) is 0 Å². The highest BCUT2D eigenvalue weighted by atomic mass is 35.5. The van der Waals surface area contributed by atoms with Crippen molar-refractivity contribution in [2.45, 2.75) is 52.2 Å². The summed E-state index contributed by atoms with van der Waals surface area (Å²) in [5.41, 5.74) is 1.20. The summed E-state index contributed by atoms with van der Waals surface area (Å²) in [5.74, 6) is -0.741. The summed E-state index contributed by atoms with van der Waals surface area (Å²) < 4.78 is 27.0. The highest BCUT2D eigenvalue weighted by Gasteiger charge is 2.32. The number of nitrogens with one attached hydrogen (secondary N) is 1. The Morgan fingerprint density at radius 2 is 1.59 bits per heavy atom. The molecule has 7 nitrogen and oxygen atoms in total. The van der Waals surface area contributed by atoms with E-state index in [1.165, 1.54) is 4.90 Å². The van der Waals surface area contributed by atoms with E-state index in [-0.39, 0.29) is 18.5 Å². The lowest BCUT2D eigenvalue weighted by atomic mass is 10.1. The number of rotatable bonds is 11. The maximum atomic E-state index is 13.9. The van der Waals surface area contributed by atoms with Crippen molar-refractivity contribution in [1.29, 1.82) is 0 Å². The smallest absolute Gasteiger partial charge is 0.244 e. The van der Waals surface area contributed by atoms with Crippen molar-refractivity contribution in [2.75, 3.05) is 17.1 Å². The summed E-state index contributed by atoms with van der Waals surface area (Å²) in [4.78, 5) is 28.5. The van der Waals surface area contributed by atoms with Crippen LogP contribution in [0.5, 0.6) is 0 Å². The zero-order valence-corrected chi connectivity index (χ0v) is 23.2. The van der Waals surface area contributed by atoms with E-state index in [4.69, 9.17) is 11.6 Å². The summed E-state index contributed by atoms with van der Waals surface area (Å²) in [6, 6.07) is 19.0. The van der Waals surface area contributed by atoms with E-state index in [9.17, 15) is 18.0 Å². The quantitative estimate of drug-likeness (QED) is 0.369. The summed E-state index contributed by atoms with van der Waals surface area (Å²) in [6.07, 6.45) is 2.20. The van der Waals surface area contributed by atoms with Gasteiger partial charge in [-0.25, -0.2) is 8.42 Å². The molecule has 3 aromatic rings. The summed E-state index contributed by atoms with van der Waals surface area (Å²) in [5, 5.41) is 5.10. The lowest BCUT2D eigenvalue weighted by molar-refractivity contribution is -0.140. The molecule has 1 N–H and O–H groups in total. The largest absolute Gasteiger partial charge is 0.352 e. The number of hydrogen-bond acceptors (Lipinski definition) is 4. The minimum absolute atomic E-state index is 0.0581. The highest BCUT2D eigenvalue weighted by molar-refractivity contribution is 7.92. The molecule has 37 heavy (non-hydrogen) atoms. The maximum Gasteiger partial charge on any atom is 0.244 e. The van der Waals surface area contributed by atoms with Gasteiger partial charge in [0.25, 0.3) is 0 Å². The van der Waals surface area contributed by atoms with Crippen molar-refractivity contribution in [1.82, 2.24) is 10.2 Å². The fourth-order valence-corrected chi connectivity index (χ4v) is 5.16. The molecular weight excluding hydrogens is 510 g/mol. The van der Waals surface area contributed by atoms with Crippen LogP contribution in [0.15, 0.2) is 66.7 Å². The van der Waals surface area contributed by atoms with E-state index in [0.29, 0.717) is 22.5 Å². The van der Waals surface area contributed by atoms with Crippen LogP contribution in [0, 0.1) is 0 Å². The third-order valence-corrected chi connectivity index (χ3v) is 7.75. The van der Waals surface area contributed by atoms with Gasteiger partial charge in [0, 0.05) is 23.0 Å². The molecule has 0 radical (unpaired) electrons. The molecular formula is C28H34ClN3O4S. The molecule has 0 aliphatic heterocycles. The van der Waals surface area contributed by atoms with E-state index in [1.807, 2.05) is 51.1 Å². The molecule has 0 fully saturated rings. The number of benzene rings is 3. The molecule has 198 valence electrons. The van der Waals surface area contributed by atoms with Gasteiger partial charge in [-0.05, 0) is 48.9 Å². The first-order valence-electron chi connectivity index (χ1n) is 12.3. The van der Waals surface area contributed by atoms with Crippen LogP contribution < -0.4 is 9.62 Å². The maximum absolute atomic E-state index is 13.9. The van der Waals surface area contributed by atoms with Gasteiger partial charge in [0.2, 0.25) is 21.8 Å². The highest BCUT2D eigenvalue weighted by Crippen LogP contribution is 2.29. The second-order valence-corrected chi connectivity index (χ2v) is 11.5. The van der Waals surface area contributed by atoms with Crippen molar-refractivity contribution >= 4 is 49.9 Å². The van der Waals surface area contributed by atoms with Crippen LogP contribution in [0.25, 0.3) is 10.8 Å². The first-order chi connectivity index (χ1) is 17.5. The Kier molecular flexibility index (Phi) is 9.56. The standard InChI is InChI=1S/C28H34ClN3O4S/c1-5-20(3)30-28(34)25(6-2)31(18-21-14-16-23(29)17-15-21)27(33)19-32(37(4,35)36)26-13-9-11-22-10-7-8-12-24(22)26/h7-17,20,25H,5-6,18-19H2,1-4H3,(H,30,34)/t20-,25-/m0/s1. The molecule has 0 saturated carbocycles. The number of halogens is 1. The molecule has 0 aliphatic rings. The van der Waals surface area contributed by atoms with E-state index in [1.54, 1.807) is 36.4 Å². The minimum atomic E-state index is -3.82. The lowest BCUT2D eigenvalue weighted by Crippen LogP contribution is -2.53. The topological polar surface area (TPSA) is 86.8 Å². The monoisotopic (exact) mass is 543 g/mol. The number of carbonyl (C=O) groups is 2. The van der Waals surface area contributed by atoms with Crippen LogP contribution in [-0.2, 0) is 26.2 Å². The van der Waals surface area contributed by atoms with Crippen molar-refractivity contribution in [3.05, 3.63) is 77.3 Å². The molecule has 0 spiro atoms. The molecule has 0 aromatic heterocycles. The van der Waals surface area contributed by atoms with E-state index < -0.39 is 28.5 Å². The molecule has 0 aliphatic carbocycles. The third-order valence-electron chi connectivity index (χ3n) is 6.37. The number of hydrogen-bond donors (Lipinski definition) is 1. The molecule has 2 atom stereocenters. The Morgan fingerprint density at radius 3 is 2.22 bits per heavy atom. The Morgan fingerprint density at radius 1 is 0.946 bits per heavy atom. The molecule has 3 aromatic carbocycles. The molecule has 0 unspecified atom stereocenters. The van der Waals surface area contributed by atoms with Crippen LogP contribution in [0.3, 0.4) is 0 Å². The SMILES string of the molecule is CC[C@H](C)NC(=O)[C@H](CC)N(Cc1ccc(Cl)cc1)C(=O)CN(c1cccc2ccccc12)S(C)(=O)=O. The Hall–Kier alpha value is -3.10. The zero-order valence-electron chi connectivity index (χ0n) is 21.6. The number of anilines is 1. The zero-order chi connectivity index (χ0) is 27.2. The summed E-state index contributed by atoms with van der Waals surface area (Å²) >= 11 is 6.04. The fourth-order valence-electron chi connectivity index (χ4n) is 4.17. The Labute approximate surface area is 224 Å². The van der Waals surface area contributed by atoms with Crippen LogP contribution in [0.1, 0.15) is 39.2 Å². The molecule has 0 heterocycles. The Bertz CT molecular complexity index is 1340. The normalized spacial score (nSPS) is 13.1. The second-order valence-electron chi connectivity index (χ2n) is 9.16. The first kappa shape index (κ1) is 28.5. The van der Waals surface area contributed by atoms with E-state index in [2.05, 4.69) is 5.32 Å². The number of fused-ring (bicyclic) bond motifs is 1. The number of amides is 2. The van der Waals surface area contributed by atoms with Gasteiger partial charge in [-0.1, -0.05) is 74.0 Å². The average Bonchev–Trinajstić information content (AvgIpc) is 2.87. The van der Waals surface area contributed by atoms with Crippen molar-refractivity contribution < 1.29 is 18.0 Å². The molecule has 2 amide bonds. The van der Waals surface area contributed by atoms with Gasteiger partial charge < -0.3 is 10.2 Å². The van der Waals surface area contributed by atoms with E-state index >= 15 is 0 Å². The van der Waals surface area contributed by atoms with Gasteiger partial charge in [-0.3, -0.25) is 13.9 Å². The molecule has 0 saturated heterocycles. The lowest BCUT2D eigenvalue weighted by Gasteiger charge is -2.33. The molecule has 9 heteroatoms. The van der Waals surface area contributed by atoms with Gasteiger partial charge in [-0.2, -0.15) is 0 Å².